The average Bonchev–Trinajstić information content (AvgIpc) is 3.70. The maximum atomic E-state index is 4.78. The van der Waals surface area contributed by atoms with Crippen molar-refractivity contribution in [1.82, 2.24) is 20.2 Å². The van der Waals surface area contributed by atoms with Crippen LogP contribution < -0.4 is 0 Å². The van der Waals surface area contributed by atoms with Crippen molar-refractivity contribution in [2.24, 2.45) is 5.92 Å². The third-order valence-corrected chi connectivity index (χ3v) is 8.34. The summed E-state index contributed by atoms with van der Waals surface area (Å²) in [5.41, 5.74) is 9.81. The lowest BCUT2D eigenvalue weighted by molar-refractivity contribution is 0.358. The van der Waals surface area contributed by atoms with Crippen LogP contribution in [0.4, 0.5) is 0 Å². The third kappa shape index (κ3) is 4.72. The number of benzene rings is 1. The monoisotopic (exact) mass is 504 g/mol. The summed E-state index contributed by atoms with van der Waals surface area (Å²) in [6.07, 6.45) is 16.2. The fraction of sp³-hybridized carbons (Fsp3) is 0.250. The van der Waals surface area contributed by atoms with E-state index in [1.165, 1.54) is 54.2 Å². The summed E-state index contributed by atoms with van der Waals surface area (Å²) in [6.45, 7) is 6.20. The molecule has 0 aliphatic heterocycles. The molecule has 4 aromatic heterocycles. The summed E-state index contributed by atoms with van der Waals surface area (Å²) < 4.78 is 0. The lowest BCUT2D eigenvalue weighted by atomic mass is 9.84. The second-order valence-electron chi connectivity index (χ2n) is 10.0. The molecule has 5 aromatic rings. The molecule has 2 N–H and O–H groups in total. The van der Waals surface area contributed by atoms with Crippen LogP contribution in [0.3, 0.4) is 0 Å². The summed E-state index contributed by atoms with van der Waals surface area (Å²) in [6, 6.07) is 13.0. The van der Waals surface area contributed by atoms with E-state index in [0.29, 0.717) is 0 Å². The maximum Gasteiger partial charge on any atom is 0.116 e. The predicted octanol–water partition coefficient (Wildman–Crippen LogP) is 9.32. The zero-order chi connectivity index (χ0) is 25.2. The fourth-order valence-corrected chi connectivity index (χ4v) is 6.32. The summed E-state index contributed by atoms with van der Waals surface area (Å²) in [4.78, 5) is 8.39. The van der Waals surface area contributed by atoms with Gasteiger partial charge >= 0.3 is 0 Å². The van der Waals surface area contributed by atoms with E-state index in [0.717, 1.165) is 51.4 Å². The number of thiophene rings is 1. The highest BCUT2D eigenvalue weighted by atomic mass is 32.1. The molecule has 0 amide bonds. The maximum absolute atomic E-state index is 4.78. The Kier molecular flexibility index (Phi) is 6.62. The van der Waals surface area contributed by atoms with Gasteiger partial charge in [-0.15, -0.1) is 0 Å². The molecule has 4 heterocycles. The highest BCUT2D eigenvalue weighted by Crippen LogP contribution is 2.35. The smallest absolute Gasteiger partial charge is 0.116 e. The van der Waals surface area contributed by atoms with Crippen LogP contribution in [0.2, 0.25) is 0 Å². The Balaban J connectivity index is 1.36. The molecular formula is C32H32N4S. The zero-order valence-corrected chi connectivity index (χ0v) is 22.1. The first-order chi connectivity index (χ1) is 18.2. The number of aromatic nitrogens is 4. The van der Waals surface area contributed by atoms with Gasteiger partial charge in [-0.2, -0.15) is 16.4 Å². The highest BCUT2D eigenvalue weighted by molar-refractivity contribution is 7.08. The molecule has 6 rings (SSSR count). The summed E-state index contributed by atoms with van der Waals surface area (Å²) in [5, 5.41) is 14.5. The molecule has 0 bridgehead atoms. The van der Waals surface area contributed by atoms with Gasteiger partial charge in [-0.25, -0.2) is 0 Å². The zero-order valence-electron chi connectivity index (χ0n) is 21.3. The number of fused-ring (bicyclic) bond motifs is 2. The molecule has 0 unspecified atom stereocenters. The van der Waals surface area contributed by atoms with Gasteiger partial charge in [0.2, 0.25) is 0 Å². The Morgan fingerprint density at radius 1 is 1.11 bits per heavy atom. The number of rotatable bonds is 7. The van der Waals surface area contributed by atoms with Crippen LogP contribution in [-0.4, -0.2) is 20.2 Å². The van der Waals surface area contributed by atoms with Gasteiger partial charge in [0.1, 0.15) is 5.69 Å². The molecule has 4 nitrogen and oxygen atoms in total. The molecule has 0 spiro atoms. The normalized spacial score (nSPS) is 15.6. The van der Waals surface area contributed by atoms with Crippen LogP contribution >= 0.6 is 11.3 Å². The van der Waals surface area contributed by atoms with Crippen LogP contribution in [0.15, 0.2) is 83.7 Å². The predicted molar refractivity (Wildman–Crippen MR) is 158 cm³/mol. The SMILES string of the molecule is C=C/C(=C\C(=C/C)c1cc2c(-c3cc4c(-c5ccsc5)cccc4[nH]3)n[nH]c2cn1)CC1CCCCC1. The summed E-state index contributed by atoms with van der Waals surface area (Å²) in [7, 11) is 0. The Hall–Kier alpha value is -3.70. The van der Waals surface area contributed by atoms with Crippen molar-refractivity contribution in [3.05, 3.63) is 89.4 Å². The molecular weight excluding hydrogens is 472 g/mol. The van der Waals surface area contributed by atoms with Crippen molar-refractivity contribution < 1.29 is 0 Å². The van der Waals surface area contributed by atoms with Crippen LogP contribution in [0, 0.1) is 5.92 Å². The number of hydrogen-bond acceptors (Lipinski definition) is 3. The molecule has 1 aliphatic carbocycles. The number of hydrogen-bond donors (Lipinski definition) is 2. The van der Waals surface area contributed by atoms with Crippen LogP contribution in [-0.2, 0) is 0 Å². The van der Waals surface area contributed by atoms with Crippen molar-refractivity contribution in [1.29, 1.82) is 0 Å². The molecule has 186 valence electrons. The van der Waals surface area contributed by atoms with Crippen LogP contribution in [0.25, 0.3) is 49.9 Å². The van der Waals surface area contributed by atoms with Gasteiger partial charge in [-0.1, -0.05) is 63.0 Å². The second kappa shape index (κ2) is 10.3. The van der Waals surface area contributed by atoms with Crippen molar-refractivity contribution in [2.75, 3.05) is 0 Å². The Morgan fingerprint density at radius 2 is 2.00 bits per heavy atom. The van der Waals surface area contributed by atoms with Gasteiger partial charge < -0.3 is 4.98 Å². The quantitative estimate of drug-likeness (QED) is 0.217. The van der Waals surface area contributed by atoms with Gasteiger partial charge in [0.25, 0.3) is 0 Å². The van der Waals surface area contributed by atoms with E-state index in [2.05, 4.69) is 88.0 Å². The molecule has 5 heteroatoms. The number of H-pyrrole nitrogens is 2. The van der Waals surface area contributed by atoms with E-state index in [1.54, 1.807) is 11.3 Å². The van der Waals surface area contributed by atoms with Gasteiger partial charge in [0.15, 0.2) is 0 Å². The molecule has 1 aromatic carbocycles. The van der Waals surface area contributed by atoms with E-state index in [1.807, 2.05) is 12.3 Å². The number of aromatic amines is 2. The lowest BCUT2D eigenvalue weighted by Crippen LogP contribution is -2.06. The van der Waals surface area contributed by atoms with Gasteiger partial charge in [-0.3, -0.25) is 10.1 Å². The largest absolute Gasteiger partial charge is 0.353 e. The van der Waals surface area contributed by atoms with Gasteiger partial charge in [0.05, 0.1) is 23.1 Å². The van der Waals surface area contributed by atoms with E-state index in [9.17, 15) is 0 Å². The van der Waals surface area contributed by atoms with E-state index in [-0.39, 0.29) is 0 Å². The number of nitrogens with zero attached hydrogens (tertiary/aromatic N) is 2. The molecule has 0 saturated heterocycles. The number of pyridine rings is 1. The summed E-state index contributed by atoms with van der Waals surface area (Å²) >= 11 is 1.72. The molecule has 37 heavy (non-hydrogen) atoms. The Bertz CT molecular complexity index is 1610. The minimum Gasteiger partial charge on any atom is -0.353 e. The van der Waals surface area contributed by atoms with Crippen molar-refractivity contribution in [2.45, 2.75) is 45.4 Å². The van der Waals surface area contributed by atoms with Gasteiger partial charge in [-0.05, 0) is 82.6 Å². The van der Waals surface area contributed by atoms with Gasteiger partial charge in [0, 0.05) is 16.3 Å². The highest BCUT2D eigenvalue weighted by Gasteiger charge is 2.17. The number of allylic oxidation sites excluding steroid dienone is 5. The first kappa shape index (κ1) is 23.7. The minimum absolute atomic E-state index is 0.771. The van der Waals surface area contributed by atoms with Crippen LogP contribution in [0.1, 0.15) is 51.1 Å². The first-order valence-electron chi connectivity index (χ1n) is 13.2. The topological polar surface area (TPSA) is 57.4 Å². The molecule has 1 fully saturated rings. The van der Waals surface area contributed by atoms with E-state index in [4.69, 9.17) is 4.98 Å². The minimum atomic E-state index is 0.771. The second-order valence-corrected chi connectivity index (χ2v) is 10.8. The van der Waals surface area contributed by atoms with Crippen molar-refractivity contribution in [3.63, 3.8) is 0 Å². The van der Waals surface area contributed by atoms with E-state index >= 15 is 0 Å². The van der Waals surface area contributed by atoms with Crippen molar-refractivity contribution in [3.8, 4) is 22.5 Å². The molecule has 1 aliphatic rings. The summed E-state index contributed by atoms with van der Waals surface area (Å²) in [5.74, 6) is 0.771. The third-order valence-electron chi connectivity index (χ3n) is 7.66. The Labute approximate surface area is 221 Å². The number of nitrogens with one attached hydrogen (secondary N) is 2. The lowest BCUT2D eigenvalue weighted by Gasteiger charge is -2.22. The molecule has 0 atom stereocenters. The Morgan fingerprint density at radius 3 is 2.78 bits per heavy atom. The molecule has 1 saturated carbocycles. The average molecular weight is 505 g/mol. The fourth-order valence-electron chi connectivity index (χ4n) is 5.66. The van der Waals surface area contributed by atoms with Crippen LogP contribution in [0.5, 0.6) is 0 Å². The molecule has 0 radical (unpaired) electrons. The standard InChI is InChI=1S/C32H32N4S/c1-3-21(15-22-9-6-5-7-10-22)16-23(4-2)29-18-27-31(19-33-29)35-36-32(27)30-17-26-25(24-13-14-37-20-24)11-8-12-28(26)34-30/h3-4,8,11-14,16-20,22,34H,1,5-7,9-10,15H2,2H3,(H,35,36)/b21-16+,23-4+. The van der Waals surface area contributed by atoms with E-state index < -0.39 is 0 Å². The first-order valence-corrected chi connectivity index (χ1v) is 14.2. The van der Waals surface area contributed by atoms with Crippen molar-refractivity contribution >= 4 is 38.7 Å².